The predicted octanol–water partition coefficient (Wildman–Crippen LogP) is 4.94. The van der Waals surface area contributed by atoms with E-state index in [2.05, 4.69) is 4.98 Å². The molecule has 27 heavy (non-hydrogen) atoms. The average Bonchev–Trinajstić information content (AvgIpc) is 3.27. The summed E-state index contributed by atoms with van der Waals surface area (Å²) in [6.45, 7) is 0. The van der Waals surface area contributed by atoms with Crippen LogP contribution in [0.4, 0.5) is 13.2 Å². The summed E-state index contributed by atoms with van der Waals surface area (Å²) in [6.07, 6.45) is -0.629. The van der Waals surface area contributed by atoms with E-state index in [-0.39, 0.29) is 23.0 Å². The fourth-order valence-corrected chi connectivity index (χ4v) is 3.90. The number of nitrogens with two attached hydrogens (primary N) is 1. The van der Waals surface area contributed by atoms with E-state index in [4.69, 9.17) is 5.73 Å². The molecule has 0 bridgehead atoms. The first kappa shape index (κ1) is 17.6. The molecule has 1 saturated carbocycles. The summed E-state index contributed by atoms with van der Waals surface area (Å²) in [5, 5.41) is 0. The molecule has 4 nitrogen and oxygen atoms in total. The molecule has 1 aliphatic rings. The van der Waals surface area contributed by atoms with Gasteiger partial charge in [-0.15, -0.1) is 0 Å². The number of hydrogen-bond acceptors (Lipinski definition) is 2. The highest BCUT2D eigenvalue weighted by Gasteiger charge is 2.35. The number of alkyl halides is 3. The van der Waals surface area contributed by atoms with Crippen molar-refractivity contribution >= 4 is 16.9 Å². The third-order valence-corrected chi connectivity index (χ3v) is 5.14. The Morgan fingerprint density at radius 1 is 1.11 bits per heavy atom. The Morgan fingerprint density at radius 2 is 1.81 bits per heavy atom. The third kappa shape index (κ3) is 3.07. The van der Waals surface area contributed by atoms with E-state index >= 15 is 0 Å². The van der Waals surface area contributed by atoms with E-state index < -0.39 is 17.6 Å². The van der Waals surface area contributed by atoms with Crippen molar-refractivity contribution in [2.24, 2.45) is 5.73 Å². The molecule has 0 aliphatic heterocycles. The summed E-state index contributed by atoms with van der Waals surface area (Å²) in [5.74, 6) is -0.309. The highest BCUT2D eigenvalue weighted by Crippen LogP contribution is 2.41. The maximum absolute atomic E-state index is 13.6. The van der Waals surface area contributed by atoms with Gasteiger partial charge >= 0.3 is 6.18 Å². The molecule has 1 heterocycles. The first-order chi connectivity index (χ1) is 12.9. The molecule has 0 unspecified atom stereocenters. The van der Waals surface area contributed by atoms with E-state index in [0.717, 1.165) is 37.3 Å². The molecular formula is C20H18F3N3O. The van der Waals surface area contributed by atoms with Crippen LogP contribution in [-0.2, 0) is 6.18 Å². The van der Waals surface area contributed by atoms with Gasteiger partial charge in [0.25, 0.3) is 0 Å². The van der Waals surface area contributed by atoms with Crippen molar-refractivity contribution in [2.75, 3.05) is 0 Å². The van der Waals surface area contributed by atoms with E-state index in [1.54, 1.807) is 24.3 Å². The second-order valence-electron chi connectivity index (χ2n) is 6.85. The van der Waals surface area contributed by atoms with Crippen LogP contribution in [0.25, 0.3) is 22.4 Å². The molecule has 7 heteroatoms. The number of carbonyl (C=O) groups excluding carboxylic acids is 1. The van der Waals surface area contributed by atoms with Crippen LogP contribution in [0.1, 0.15) is 47.6 Å². The summed E-state index contributed by atoms with van der Waals surface area (Å²) < 4.78 is 42.6. The van der Waals surface area contributed by atoms with Gasteiger partial charge in [-0.2, -0.15) is 13.2 Å². The minimum Gasteiger partial charge on any atom is -0.366 e. The van der Waals surface area contributed by atoms with Crippen molar-refractivity contribution < 1.29 is 18.0 Å². The molecule has 2 N–H and O–H groups in total. The molecule has 4 rings (SSSR count). The van der Waals surface area contributed by atoms with Crippen molar-refractivity contribution in [1.82, 2.24) is 9.55 Å². The van der Waals surface area contributed by atoms with Crippen LogP contribution in [0.3, 0.4) is 0 Å². The number of benzene rings is 2. The molecule has 1 aliphatic carbocycles. The Bertz CT molecular complexity index is 1020. The topological polar surface area (TPSA) is 60.9 Å². The molecule has 1 fully saturated rings. The van der Waals surface area contributed by atoms with Crippen LogP contribution in [0.2, 0.25) is 0 Å². The van der Waals surface area contributed by atoms with Gasteiger partial charge in [-0.3, -0.25) is 4.79 Å². The number of hydrogen-bond donors (Lipinski definition) is 1. The number of imidazole rings is 1. The van der Waals surface area contributed by atoms with E-state index in [9.17, 15) is 18.0 Å². The van der Waals surface area contributed by atoms with E-state index in [1.807, 2.05) is 4.57 Å². The summed E-state index contributed by atoms with van der Waals surface area (Å²) >= 11 is 0. The summed E-state index contributed by atoms with van der Waals surface area (Å²) in [7, 11) is 0. The van der Waals surface area contributed by atoms with Crippen LogP contribution >= 0.6 is 0 Å². The Balaban J connectivity index is 2.00. The zero-order valence-corrected chi connectivity index (χ0v) is 14.5. The number of fused-ring (bicyclic) bond motifs is 1. The molecule has 140 valence electrons. The number of nitrogens with zero attached hydrogens (tertiary/aromatic N) is 2. The summed E-state index contributed by atoms with van der Waals surface area (Å²) in [4.78, 5) is 16.0. The minimum absolute atomic E-state index is 0.0497. The molecule has 0 spiro atoms. The average molecular weight is 373 g/mol. The fraction of sp³-hybridized carbons (Fsp3) is 0.300. The second-order valence-corrected chi connectivity index (χ2v) is 6.85. The van der Waals surface area contributed by atoms with Crippen molar-refractivity contribution in [2.45, 2.75) is 37.9 Å². The van der Waals surface area contributed by atoms with Gasteiger partial charge < -0.3 is 10.3 Å². The van der Waals surface area contributed by atoms with Gasteiger partial charge in [-0.05, 0) is 37.1 Å². The number of amides is 1. The number of rotatable bonds is 3. The van der Waals surface area contributed by atoms with Gasteiger partial charge in [-0.1, -0.05) is 31.0 Å². The quantitative estimate of drug-likeness (QED) is 0.707. The highest BCUT2D eigenvalue weighted by atomic mass is 19.4. The zero-order valence-electron chi connectivity index (χ0n) is 14.5. The Kier molecular flexibility index (Phi) is 4.17. The molecular weight excluding hydrogens is 355 g/mol. The lowest BCUT2D eigenvalue weighted by molar-refractivity contribution is -0.137. The SMILES string of the molecule is NC(=O)c1ccc2c(c1)nc(-c1ccccc1C(F)(F)F)n2C1CCCC1. The van der Waals surface area contributed by atoms with Crippen LogP contribution in [0.15, 0.2) is 42.5 Å². The third-order valence-electron chi connectivity index (χ3n) is 5.14. The van der Waals surface area contributed by atoms with Crippen molar-refractivity contribution in [3.8, 4) is 11.4 Å². The van der Waals surface area contributed by atoms with Gasteiger partial charge in [0.2, 0.25) is 5.91 Å². The lowest BCUT2D eigenvalue weighted by Crippen LogP contribution is -2.12. The van der Waals surface area contributed by atoms with Crippen LogP contribution in [0.5, 0.6) is 0 Å². The van der Waals surface area contributed by atoms with Crippen LogP contribution in [0, 0.1) is 0 Å². The largest absolute Gasteiger partial charge is 0.417 e. The fourth-order valence-electron chi connectivity index (χ4n) is 3.90. The Labute approximate surface area is 153 Å². The van der Waals surface area contributed by atoms with Gasteiger partial charge in [0.05, 0.1) is 16.6 Å². The first-order valence-electron chi connectivity index (χ1n) is 8.84. The van der Waals surface area contributed by atoms with Crippen LogP contribution in [-0.4, -0.2) is 15.5 Å². The summed E-state index contributed by atoms with van der Waals surface area (Å²) in [6, 6.07) is 10.4. The molecule has 2 aromatic carbocycles. The molecule has 1 aromatic heterocycles. The lowest BCUT2D eigenvalue weighted by Gasteiger charge is -2.19. The normalized spacial score (nSPS) is 15.5. The lowest BCUT2D eigenvalue weighted by atomic mass is 10.1. The van der Waals surface area contributed by atoms with Crippen molar-refractivity contribution in [3.05, 3.63) is 53.6 Å². The highest BCUT2D eigenvalue weighted by molar-refractivity contribution is 5.96. The smallest absolute Gasteiger partial charge is 0.366 e. The standard InChI is InChI=1S/C20H18F3N3O/c21-20(22,23)15-8-4-3-7-14(15)19-25-16-11-12(18(24)27)9-10-17(16)26(19)13-5-1-2-6-13/h3-4,7-11,13H,1-2,5-6H2,(H2,24,27). The number of primary amides is 1. The maximum atomic E-state index is 13.6. The minimum atomic E-state index is -4.48. The summed E-state index contributed by atoms with van der Waals surface area (Å²) in [5.41, 5.74) is 6.16. The van der Waals surface area contributed by atoms with Gasteiger partial charge in [0.1, 0.15) is 5.82 Å². The van der Waals surface area contributed by atoms with Crippen molar-refractivity contribution in [1.29, 1.82) is 0 Å². The predicted molar refractivity (Wildman–Crippen MR) is 96.2 cm³/mol. The van der Waals surface area contributed by atoms with E-state index in [1.165, 1.54) is 12.1 Å². The monoisotopic (exact) mass is 373 g/mol. The molecule has 1 amide bonds. The number of halogens is 3. The second kappa shape index (κ2) is 6.40. The first-order valence-corrected chi connectivity index (χ1v) is 8.84. The van der Waals surface area contributed by atoms with Gasteiger partial charge in [0, 0.05) is 17.2 Å². The van der Waals surface area contributed by atoms with Crippen molar-refractivity contribution in [3.63, 3.8) is 0 Å². The molecule has 0 saturated heterocycles. The van der Waals surface area contributed by atoms with Crippen LogP contribution < -0.4 is 5.73 Å². The number of aromatic nitrogens is 2. The van der Waals surface area contributed by atoms with Gasteiger partial charge in [0.15, 0.2) is 0 Å². The van der Waals surface area contributed by atoms with E-state index in [0.29, 0.717) is 5.52 Å². The molecule has 3 aromatic rings. The maximum Gasteiger partial charge on any atom is 0.417 e. The zero-order chi connectivity index (χ0) is 19.2. The number of carbonyl (C=O) groups is 1. The molecule has 0 radical (unpaired) electrons. The Morgan fingerprint density at radius 3 is 2.48 bits per heavy atom. The molecule has 0 atom stereocenters. The van der Waals surface area contributed by atoms with Gasteiger partial charge in [-0.25, -0.2) is 4.98 Å². The Hall–Kier alpha value is -2.83.